The molecular formula is C13H19N3O4. The summed E-state index contributed by atoms with van der Waals surface area (Å²) in [7, 11) is 0. The predicted molar refractivity (Wildman–Crippen MR) is 75.3 cm³/mol. The summed E-state index contributed by atoms with van der Waals surface area (Å²) in [6, 6.07) is 4.03. The van der Waals surface area contributed by atoms with Gasteiger partial charge in [-0.3, -0.25) is 14.9 Å². The zero-order chi connectivity index (χ0) is 15.5. The summed E-state index contributed by atoms with van der Waals surface area (Å²) in [5.74, 6) is -0.547. The first-order valence-corrected chi connectivity index (χ1v) is 6.13. The number of para-hydroxylation sites is 1. The molecule has 0 aliphatic carbocycles. The van der Waals surface area contributed by atoms with Gasteiger partial charge in [-0.05, 0) is 11.5 Å². The molecule has 1 atom stereocenters. The van der Waals surface area contributed by atoms with E-state index in [0.29, 0.717) is 0 Å². The lowest BCUT2D eigenvalue weighted by molar-refractivity contribution is -0.383. The van der Waals surface area contributed by atoms with E-state index in [1.165, 1.54) is 18.2 Å². The maximum atomic E-state index is 11.9. The molecule has 0 bridgehead atoms. The minimum atomic E-state index is -0.730. The Morgan fingerprint density at radius 2 is 2.10 bits per heavy atom. The summed E-state index contributed by atoms with van der Waals surface area (Å²) in [6.45, 7) is 5.56. The van der Waals surface area contributed by atoms with Gasteiger partial charge >= 0.3 is 0 Å². The summed E-state index contributed by atoms with van der Waals surface area (Å²) in [5.41, 5.74) is 4.78. The van der Waals surface area contributed by atoms with E-state index in [0.717, 1.165) is 0 Å². The Labute approximate surface area is 116 Å². The van der Waals surface area contributed by atoms with Crippen LogP contribution >= 0.6 is 0 Å². The number of carbonyl (C=O) groups is 1. The largest absolute Gasteiger partial charge is 0.393 e. The van der Waals surface area contributed by atoms with Gasteiger partial charge in [-0.1, -0.05) is 26.8 Å². The van der Waals surface area contributed by atoms with Crippen molar-refractivity contribution in [3.8, 4) is 0 Å². The lowest BCUT2D eigenvalue weighted by Crippen LogP contribution is -2.39. The minimum Gasteiger partial charge on any atom is -0.393 e. The number of nitrogens with one attached hydrogen (secondary N) is 1. The van der Waals surface area contributed by atoms with E-state index in [9.17, 15) is 20.0 Å². The maximum Gasteiger partial charge on any atom is 0.292 e. The summed E-state index contributed by atoms with van der Waals surface area (Å²) in [5, 5.41) is 23.1. The van der Waals surface area contributed by atoms with Crippen LogP contribution in [-0.4, -0.2) is 28.6 Å². The van der Waals surface area contributed by atoms with Crippen molar-refractivity contribution in [1.29, 1.82) is 0 Å². The molecule has 7 nitrogen and oxygen atoms in total. The van der Waals surface area contributed by atoms with Crippen LogP contribution in [0.5, 0.6) is 0 Å². The molecule has 0 heterocycles. The number of nitrogens with two attached hydrogens (primary N) is 1. The molecule has 20 heavy (non-hydrogen) atoms. The molecule has 0 saturated heterocycles. The number of benzene rings is 1. The number of hydrogen-bond donors (Lipinski definition) is 3. The molecular weight excluding hydrogens is 262 g/mol. The molecule has 110 valence electrons. The average molecular weight is 281 g/mol. The van der Waals surface area contributed by atoms with Gasteiger partial charge in [0, 0.05) is 12.6 Å². The third-order valence-electron chi connectivity index (χ3n) is 2.98. The van der Waals surface area contributed by atoms with Crippen LogP contribution in [0.25, 0.3) is 0 Å². The molecule has 0 aliphatic rings. The summed E-state index contributed by atoms with van der Waals surface area (Å²) in [4.78, 5) is 22.1. The molecule has 1 amide bonds. The number of amides is 1. The smallest absolute Gasteiger partial charge is 0.292 e. The topological polar surface area (TPSA) is 118 Å². The fourth-order valence-electron chi connectivity index (χ4n) is 1.50. The summed E-state index contributed by atoms with van der Waals surface area (Å²) in [6.07, 6.45) is -0.730. The predicted octanol–water partition coefficient (Wildman–Crippen LogP) is 1.31. The van der Waals surface area contributed by atoms with Crippen molar-refractivity contribution in [2.75, 3.05) is 12.3 Å². The second kappa shape index (κ2) is 5.87. The molecule has 1 aromatic rings. The van der Waals surface area contributed by atoms with Gasteiger partial charge in [0.15, 0.2) is 0 Å². The van der Waals surface area contributed by atoms with Crippen LogP contribution in [0.4, 0.5) is 11.4 Å². The molecule has 0 fully saturated rings. The number of carbonyl (C=O) groups excluding carboxylic acids is 1. The van der Waals surface area contributed by atoms with Gasteiger partial charge in [-0.25, -0.2) is 0 Å². The number of hydrogen-bond acceptors (Lipinski definition) is 5. The van der Waals surface area contributed by atoms with Crippen LogP contribution in [0.2, 0.25) is 0 Å². The van der Waals surface area contributed by atoms with Crippen molar-refractivity contribution >= 4 is 17.3 Å². The fourth-order valence-corrected chi connectivity index (χ4v) is 1.50. The highest BCUT2D eigenvalue weighted by Crippen LogP contribution is 2.25. The molecule has 1 rings (SSSR count). The van der Waals surface area contributed by atoms with E-state index in [4.69, 9.17) is 5.73 Å². The first-order chi connectivity index (χ1) is 9.14. The van der Waals surface area contributed by atoms with E-state index in [1.54, 1.807) is 0 Å². The van der Waals surface area contributed by atoms with E-state index in [-0.39, 0.29) is 28.9 Å². The van der Waals surface area contributed by atoms with Crippen molar-refractivity contribution < 1.29 is 14.8 Å². The highest BCUT2D eigenvalue weighted by Gasteiger charge is 2.24. The monoisotopic (exact) mass is 281 g/mol. The molecule has 4 N–H and O–H groups in total. The van der Waals surface area contributed by atoms with Gasteiger partial charge in [0.25, 0.3) is 11.6 Å². The van der Waals surface area contributed by atoms with Crippen LogP contribution in [0, 0.1) is 15.5 Å². The fraction of sp³-hybridized carbons (Fsp3) is 0.462. The van der Waals surface area contributed by atoms with Crippen molar-refractivity contribution in [2.45, 2.75) is 26.9 Å². The Hall–Kier alpha value is -2.15. The lowest BCUT2D eigenvalue weighted by Gasteiger charge is -2.25. The van der Waals surface area contributed by atoms with Gasteiger partial charge < -0.3 is 16.2 Å². The number of aliphatic hydroxyl groups excluding tert-OH is 1. The molecule has 1 unspecified atom stereocenters. The van der Waals surface area contributed by atoms with Crippen molar-refractivity contribution in [2.24, 2.45) is 5.41 Å². The highest BCUT2D eigenvalue weighted by atomic mass is 16.6. The van der Waals surface area contributed by atoms with Crippen LogP contribution in [0.1, 0.15) is 31.1 Å². The summed E-state index contributed by atoms with van der Waals surface area (Å²) >= 11 is 0. The third-order valence-corrected chi connectivity index (χ3v) is 2.98. The van der Waals surface area contributed by atoms with Gasteiger partial charge in [-0.15, -0.1) is 0 Å². The number of nitrogens with zero attached hydrogens (tertiary/aromatic N) is 1. The molecule has 7 heteroatoms. The number of nitro groups is 1. The molecule has 1 aromatic carbocycles. The van der Waals surface area contributed by atoms with E-state index >= 15 is 0 Å². The van der Waals surface area contributed by atoms with Crippen LogP contribution in [-0.2, 0) is 0 Å². The average Bonchev–Trinajstić information content (AvgIpc) is 2.34. The molecule has 0 radical (unpaired) electrons. The van der Waals surface area contributed by atoms with E-state index in [2.05, 4.69) is 5.32 Å². The first-order valence-electron chi connectivity index (χ1n) is 6.13. The van der Waals surface area contributed by atoms with Gasteiger partial charge in [-0.2, -0.15) is 0 Å². The first kappa shape index (κ1) is 15.9. The van der Waals surface area contributed by atoms with Crippen molar-refractivity contribution in [3.63, 3.8) is 0 Å². The van der Waals surface area contributed by atoms with Gasteiger partial charge in [0.1, 0.15) is 5.69 Å². The van der Waals surface area contributed by atoms with Crippen LogP contribution < -0.4 is 11.1 Å². The zero-order valence-electron chi connectivity index (χ0n) is 11.7. The second-order valence-corrected chi connectivity index (χ2v) is 5.59. The van der Waals surface area contributed by atoms with Crippen molar-refractivity contribution in [1.82, 2.24) is 5.32 Å². The summed E-state index contributed by atoms with van der Waals surface area (Å²) < 4.78 is 0. The van der Waals surface area contributed by atoms with Crippen LogP contribution in [0.3, 0.4) is 0 Å². The Morgan fingerprint density at radius 1 is 1.50 bits per heavy atom. The maximum absolute atomic E-state index is 11.9. The quantitative estimate of drug-likeness (QED) is 0.437. The molecule has 0 aromatic heterocycles. The number of anilines is 1. The normalized spacial score (nSPS) is 12.8. The zero-order valence-corrected chi connectivity index (χ0v) is 11.7. The lowest BCUT2D eigenvalue weighted by atomic mass is 9.89. The molecule has 0 aliphatic heterocycles. The van der Waals surface area contributed by atoms with E-state index < -0.39 is 16.9 Å². The Balaban J connectivity index is 2.84. The third kappa shape index (κ3) is 3.67. The van der Waals surface area contributed by atoms with Gasteiger partial charge in [0.2, 0.25) is 0 Å². The molecule has 0 spiro atoms. The van der Waals surface area contributed by atoms with Crippen LogP contribution in [0.15, 0.2) is 18.2 Å². The van der Waals surface area contributed by atoms with E-state index in [1.807, 2.05) is 20.8 Å². The van der Waals surface area contributed by atoms with Crippen molar-refractivity contribution in [3.05, 3.63) is 33.9 Å². The number of rotatable bonds is 4. The Morgan fingerprint density at radius 3 is 2.60 bits per heavy atom. The number of nitro benzene ring substituents is 1. The Kier molecular flexibility index (Phi) is 4.67. The Bertz CT molecular complexity index is 523. The second-order valence-electron chi connectivity index (χ2n) is 5.59. The SMILES string of the molecule is CC(C)(C)C(O)CNC(=O)c1cccc([N+](=O)[O-])c1N. The number of aliphatic hydroxyl groups is 1. The van der Waals surface area contributed by atoms with Gasteiger partial charge in [0.05, 0.1) is 16.6 Å². The minimum absolute atomic E-state index is 0.0281. The number of nitrogen functional groups attached to an aromatic ring is 1. The standard InChI is InChI=1S/C13H19N3O4/c1-13(2,3)10(17)7-15-12(18)8-5-4-6-9(11(8)14)16(19)20/h4-6,10,17H,7,14H2,1-3H3,(H,15,18). The highest BCUT2D eigenvalue weighted by molar-refractivity contribution is 6.00. The molecule has 0 saturated carbocycles.